The maximum atomic E-state index is 12.2. The molecular weight excluding hydrogens is 274 g/mol. The molecule has 2 atom stereocenters. The molecular formula is C14H21N3O4. The second-order valence-electron chi connectivity index (χ2n) is 5.43. The van der Waals surface area contributed by atoms with E-state index in [1.54, 1.807) is 0 Å². The predicted octanol–water partition coefficient (Wildman–Crippen LogP) is 0.327. The largest absolute Gasteiger partial charge is 0.481 e. The standard InChI is InChI=1S/C14H21N3O4/c18-12(19)8-11-13(20)15-6-7-17(11)14(21)16-9-10-4-2-1-3-5-10/h1-2,10-11H,3-9H2,(H,15,20)(H,16,21)(H,18,19). The Labute approximate surface area is 123 Å². The lowest BCUT2D eigenvalue weighted by Gasteiger charge is -2.34. The highest BCUT2D eigenvalue weighted by atomic mass is 16.4. The number of nitrogens with zero attached hydrogens (tertiary/aromatic N) is 1. The van der Waals surface area contributed by atoms with Crippen molar-refractivity contribution in [3.05, 3.63) is 12.2 Å². The maximum Gasteiger partial charge on any atom is 0.318 e. The smallest absolute Gasteiger partial charge is 0.318 e. The summed E-state index contributed by atoms with van der Waals surface area (Å²) >= 11 is 0. The summed E-state index contributed by atoms with van der Waals surface area (Å²) < 4.78 is 0. The Morgan fingerprint density at radius 1 is 1.43 bits per heavy atom. The highest BCUT2D eigenvalue weighted by molar-refractivity contribution is 5.91. The molecule has 7 nitrogen and oxygen atoms in total. The van der Waals surface area contributed by atoms with Gasteiger partial charge in [-0.05, 0) is 25.2 Å². The number of carboxylic acids is 1. The molecule has 1 aliphatic heterocycles. The Hall–Kier alpha value is -2.05. The molecule has 0 saturated carbocycles. The van der Waals surface area contributed by atoms with E-state index in [1.165, 1.54) is 4.90 Å². The van der Waals surface area contributed by atoms with Crippen LogP contribution >= 0.6 is 0 Å². The quantitative estimate of drug-likeness (QED) is 0.651. The van der Waals surface area contributed by atoms with Crippen LogP contribution in [0.5, 0.6) is 0 Å². The summed E-state index contributed by atoms with van der Waals surface area (Å²) in [5, 5.41) is 14.3. The minimum atomic E-state index is -1.09. The van der Waals surface area contributed by atoms with E-state index in [4.69, 9.17) is 5.11 Å². The van der Waals surface area contributed by atoms with Gasteiger partial charge >= 0.3 is 12.0 Å². The molecule has 0 radical (unpaired) electrons. The van der Waals surface area contributed by atoms with Crippen LogP contribution in [-0.4, -0.2) is 53.6 Å². The molecule has 1 aliphatic carbocycles. The Kier molecular flexibility index (Phi) is 5.19. The van der Waals surface area contributed by atoms with Gasteiger partial charge in [0, 0.05) is 19.6 Å². The van der Waals surface area contributed by atoms with Gasteiger partial charge in [-0.3, -0.25) is 9.59 Å². The topological polar surface area (TPSA) is 98.7 Å². The number of carbonyl (C=O) groups excluding carboxylic acids is 2. The second-order valence-corrected chi connectivity index (χ2v) is 5.43. The van der Waals surface area contributed by atoms with E-state index in [9.17, 15) is 14.4 Å². The molecule has 0 aromatic heterocycles. The minimum Gasteiger partial charge on any atom is -0.481 e. The summed E-state index contributed by atoms with van der Waals surface area (Å²) in [5.41, 5.74) is 0. The zero-order chi connectivity index (χ0) is 15.2. The van der Waals surface area contributed by atoms with Crippen molar-refractivity contribution in [2.75, 3.05) is 19.6 Å². The van der Waals surface area contributed by atoms with Gasteiger partial charge in [0.15, 0.2) is 0 Å². The fourth-order valence-electron chi connectivity index (χ4n) is 2.70. The molecule has 2 aliphatic rings. The van der Waals surface area contributed by atoms with Gasteiger partial charge in [0.05, 0.1) is 6.42 Å². The van der Waals surface area contributed by atoms with Crippen LogP contribution in [0.1, 0.15) is 25.7 Å². The van der Waals surface area contributed by atoms with Crippen molar-refractivity contribution in [3.8, 4) is 0 Å². The Morgan fingerprint density at radius 3 is 2.90 bits per heavy atom. The number of carbonyl (C=O) groups is 3. The van der Waals surface area contributed by atoms with Gasteiger partial charge in [-0.25, -0.2) is 4.79 Å². The molecule has 3 amide bonds. The summed E-state index contributed by atoms with van der Waals surface area (Å²) in [5.74, 6) is -1.08. The van der Waals surface area contributed by atoms with Crippen LogP contribution in [-0.2, 0) is 9.59 Å². The predicted molar refractivity (Wildman–Crippen MR) is 75.6 cm³/mol. The molecule has 116 valence electrons. The van der Waals surface area contributed by atoms with Gasteiger partial charge in [-0.1, -0.05) is 12.2 Å². The van der Waals surface area contributed by atoms with Crippen molar-refractivity contribution in [1.82, 2.24) is 15.5 Å². The first-order valence-electron chi connectivity index (χ1n) is 7.27. The van der Waals surface area contributed by atoms with Crippen LogP contribution in [0.25, 0.3) is 0 Å². The summed E-state index contributed by atoms with van der Waals surface area (Å²) in [6.45, 7) is 1.25. The summed E-state index contributed by atoms with van der Waals surface area (Å²) in [6.07, 6.45) is 6.88. The third-order valence-electron chi connectivity index (χ3n) is 3.88. The molecule has 21 heavy (non-hydrogen) atoms. The van der Waals surface area contributed by atoms with Crippen molar-refractivity contribution in [2.45, 2.75) is 31.7 Å². The lowest BCUT2D eigenvalue weighted by Crippen LogP contribution is -2.60. The Morgan fingerprint density at radius 2 is 2.24 bits per heavy atom. The second kappa shape index (κ2) is 7.10. The highest BCUT2D eigenvalue weighted by Gasteiger charge is 2.34. The van der Waals surface area contributed by atoms with Crippen molar-refractivity contribution < 1.29 is 19.5 Å². The van der Waals surface area contributed by atoms with E-state index >= 15 is 0 Å². The van der Waals surface area contributed by atoms with Crippen LogP contribution in [0.15, 0.2) is 12.2 Å². The molecule has 2 unspecified atom stereocenters. The molecule has 0 bridgehead atoms. The first-order valence-corrected chi connectivity index (χ1v) is 7.27. The van der Waals surface area contributed by atoms with Gasteiger partial charge in [0.2, 0.25) is 5.91 Å². The molecule has 0 spiro atoms. The molecule has 1 fully saturated rings. The third kappa shape index (κ3) is 4.21. The van der Waals surface area contributed by atoms with Crippen molar-refractivity contribution >= 4 is 17.9 Å². The number of urea groups is 1. The number of hydrogen-bond donors (Lipinski definition) is 3. The lowest BCUT2D eigenvalue weighted by molar-refractivity contribution is -0.142. The van der Waals surface area contributed by atoms with Crippen LogP contribution in [0.4, 0.5) is 4.79 Å². The number of carboxylic acid groups (broad SMARTS) is 1. The summed E-state index contributed by atoms with van der Waals surface area (Å²) in [4.78, 5) is 36.1. The van der Waals surface area contributed by atoms with Crippen LogP contribution < -0.4 is 10.6 Å². The maximum absolute atomic E-state index is 12.2. The van der Waals surface area contributed by atoms with E-state index < -0.39 is 17.9 Å². The van der Waals surface area contributed by atoms with Gasteiger partial charge < -0.3 is 20.6 Å². The third-order valence-corrected chi connectivity index (χ3v) is 3.88. The molecule has 7 heteroatoms. The molecule has 0 aromatic rings. The van der Waals surface area contributed by atoms with Crippen molar-refractivity contribution in [2.24, 2.45) is 5.92 Å². The van der Waals surface area contributed by atoms with E-state index in [0.717, 1.165) is 19.3 Å². The fourth-order valence-corrected chi connectivity index (χ4v) is 2.70. The van der Waals surface area contributed by atoms with Crippen molar-refractivity contribution in [3.63, 3.8) is 0 Å². The first-order chi connectivity index (χ1) is 10.1. The van der Waals surface area contributed by atoms with Gasteiger partial charge in [-0.15, -0.1) is 0 Å². The molecule has 1 saturated heterocycles. The average molecular weight is 295 g/mol. The van der Waals surface area contributed by atoms with Crippen LogP contribution in [0.2, 0.25) is 0 Å². The van der Waals surface area contributed by atoms with E-state index in [2.05, 4.69) is 22.8 Å². The van der Waals surface area contributed by atoms with Crippen molar-refractivity contribution in [1.29, 1.82) is 0 Å². The summed E-state index contributed by atoms with van der Waals surface area (Å²) in [7, 11) is 0. The fraction of sp³-hybridized carbons (Fsp3) is 0.643. The van der Waals surface area contributed by atoms with Gasteiger partial charge in [-0.2, -0.15) is 0 Å². The number of rotatable bonds is 4. The Bertz CT molecular complexity index is 450. The van der Waals surface area contributed by atoms with E-state index in [0.29, 0.717) is 25.6 Å². The molecule has 1 heterocycles. The average Bonchev–Trinajstić information content (AvgIpc) is 2.47. The highest BCUT2D eigenvalue weighted by Crippen LogP contribution is 2.17. The van der Waals surface area contributed by atoms with Gasteiger partial charge in [0.1, 0.15) is 6.04 Å². The normalized spacial score (nSPS) is 25.3. The monoisotopic (exact) mass is 295 g/mol. The number of piperazine rings is 1. The number of nitrogens with one attached hydrogen (secondary N) is 2. The van der Waals surface area contributed by atoms with Crippen LogP contribution in [0, 0.1) is 5.92 Å². The number of aliphatic carboxylic acids is 1. The molecule has 0 aromatic carbocycles. The zero-order valence-corrected chi connectivity index (χ0v) is 11.9. The van der Waals surface area contributed by atoms with Crippen LogP contribution in [0.3, 0.4) is 0 Å². The summed E-state index contributed by atoms with van der Waals surface area (Å²) in [6, 6.07) is -1.28. The first kappa shape index (κ1) is 15.3. The SMILES string of the molecule is O=C(O)CC1C(=O)NCCN1C(=O)NCC1CC=CCC1. The number of hydrogen-bond acceptors (Lipinski definition) is 3. The number of allylic oxidation sites excluding steroid dienone is 2. The molecule has 2 rings (SSSR count). The van der Waals surface area contributed by atoms with E-state index in [1.807, 2.05) is 0 Å². The Balaban J connectivity index is 1.90. The molecule has 3 N–H and O–H groups in total. The zero-order valence-electron chi connectivity index (χ0n) is 11.9. The lowest BCUT2D eigenvalue weighted by atomic mass is 9.94. The minimum absolute atomic E-state index is 0.333. The van der Waals surface area contributed by atoms with Gasteiger partial charge in [0.25, 0.3) is 0 Å². The van der Waals surface area contributed by atoms with E-state index in [-0.39, 0.29) is 12.5 Å². The number of amides is 3.